The molecule has 1 amide bonds. The summed E-state index contributed by atoms with van der Waals surface area (Å²) in [6.45, 7) is 8.06. The van der Waals surface area contributed by atoms with Gasteiger partial charge in [-0.25, -0.2) is 14.6 Å². The quantitative estimate of drug-likeness (QED) is 0.499. The molecule has 0 spiro atoms. The number of anilines is 1. The van der Waals surface area contributed by atoms with Crippen molar-refractivity contribution in [3.63, 3.8) is 0 Å². The lowest BCUT2D eigenvalue weighted by atomic mass is 9.99. The molecule has 1 aliphatic heterocycles. The lowest BCUT2D eigenvalue weighted by molar-refractivity contribution is -0.129. The monoisotopic (exact) mass is 476 g/mol. The molecule has 0 bridgehead atoms. The third kappa shape index (κ3) is 5.85. The molecule has 184 valence electrons. The van der Waals surface area contributed by atoms with Crippen LogP contribution in [0.3, 0.4) is 0 Å². The Morgan fingerprint density at radius 2 is 1.86 bits per heavy atom. The van der Waals surface area contributed by atoms with E-state index in [0.29, 0.717) is 11.6 Å². The highest BCUT2D eigenvalue weighted by atomic mass is 16.5. The fraction of sp³-hybridized carbons (Fsp3) is 0.423. The van der Waals surface area contributed by atoms with E-state index in [1.54, 1.807) is 19.9 Å². The Kier molecular flexibility index (Phi) is 7.43. The normalized spacial score (nSPS) is 14.5. The van der Waals surface area contributed by atoms with E-state index in [1.807, 2.05) is 36.4 Å². The molecule has 1 saturated heterocycles. The minimum Gasteiger partial charge on any atom is -0.476 e. The molecule has 0 saturated carbocycles. The van der Waals surface area contributed by atoms with Crippen LogP contribution in [0, 0.1) is 5.92 Å². The van der Waals surface area contributed by atoms with Crippen molar-refractivity contribution in [2.75, 3.05) is 31.1 Å². The zero-order valence-electron chi connectivity index (χ0n) is 20.5. The van der Waals surface area contributed by atoms with Gasteiger partial charge in [0.1, 0.15) is 24.3 Å². The first-order chi connectivity index (χ1) is 16.8. The van der Waals surface area contributed by atoms with E-state index in [4.69, 9.17) is 4.74 Å². The van der Waals surface area contributed by atoms with Crippen LogP contribution in [0.1, 0.15) is 33.6 Å². The highest BCUT2D eigenvalue weighted by Gasteiger charge is 2.32. The third-order valence-corrected chi connectivity index (χ3v) is 6.33. The topological polar surface area (TPSA) is 102 Å². The lowest BCUT2D eigenvalue weighted by Crippen LogP contribution is -2.50. The molecule has 35 heavy (non-hydrogen) atoms. The van der Waals surface area contributed by atoms with Crippen LogP contribution in [-0.2, 0) is 10.3 Å². The molecule has 0 radical (unpaired) electrons. The molecule has 0 atom stereocenters. The van der Waals surface area contributed by atoms with Gasteiger partial charge >= 0.3 is 0 Å². The molecule has 9 heteroatoms. The summed E-state index contributed by atoms with van der Waals surface area (Å²) in [6, 6.07) is 14.5. The van der Waals surface area contributed by atoms with Gasteiger partial charge in [-0.1, -0.05) is 37.3 Å². The fourth-order valence-corrected chi connectivity index (χ4v) is 4.03. The van der Waals surface area contributed by atoms with Crippen molar-refractivity contribution in [3.8, 4) is 17.1 Å². The zero-order valence-corrected chi connectivity index (χ0v) is 20.5. The Bertz CT molecular complexity index is 1200. The number of ether oxygens (including phenoxy) is 1. The van der Waals surface area contributed by atoms with Crippen molar-refractivity contribution >= 4 is 11.7 Å². The Morgan fingerprint density at radius 3 is 2.60 bits per heavy atom. The average molecular weight is 477 g/mol. The number of nitrogens with zero attached hydrogens (tertiary/aromatic N) is 5. The van der Waals surface area contributed by atoms with Crippen LogP contribution < -0.4 is 20.5 Å². The van der Waals surface area contributed by atoms with E-state index in [1.165, 1.54) is 17.1 Å². The second-order valence-electron chi connectivity index (χ2n) is 9.38. The largest absolute Gasteiger partial charge is 0.476 e. The second kappa shape index (κ2) is 10.7. The molecule has 1 N–H and O–H groups in total. The van der Waals surface area contributed by atoms with Gasteiger partial charge in [-0.3, -0.25) is 9.59 Å². The number of carbonyl (C=O) groups excluding carboxylic acids is 1. The SMILES string of the molecule is CC1CCN(c2cc(OCCNC(=O)C(C)(C)n3nc(-c4ccccc4)ccc3=O)ncn2)CC1. The molecule has 3 aromatic rings. The summed E-state index contributed by atoms with van der Waals surface area (Å²) in [5, 5.41) is 7.30. The van der Waals surface area contributed by atoms with Gasteiger partial charge in [-0.2, -0.15) is 5.10 Å². The van der Waals surface area contributed by atoms with Crippen molar-refractivity contribution in [1.82, 2.24) is 25.1 Å². The van der Waals surface area contributed by atoms with Crippen LogP contribution in [0.5, 0.6) is 5.88 Å². The molecule has 1 fully saturated rings. The maximum atomic E-state index is 13.0. The summed E-state index contributed by atoms with van der Waals surface area (Å²) in [4.78, 5) is 36.3. The highest BCUT2D eigenvalue weighted by Crippen LogP contribution is 2.23. The first kappa shape index (κ1) is 24.4. The molecule has 1 aromatic carbocycles. The lowest BCUT2D eigenvalue weighted by Gasteiger charge is -2.31. The Balaban J connectivity index is 1.34. The number of carbonyl (C=O) groups is 1. The maximum absolute atomic E-state index is 13.0. The van der Waals surface area contributed by atoms with E-state index in [9.17, 15) is 9.59 Å². The third-order valence-electron chi connectivity index (χ3n) is 6.33. The van der Waals surface area contributed by atoms with E-state index in [2.05, 4.69) is 32.2 Å². The van der Waals surface area contributed by atoms with Gasteiger partial charge < -0.3 is 15.0 Å². The van der Waals surface area contributed by atoms with Gasteiger partial charge in [-0.05, 0) is 38.7 Å². The number of amides is 1. The number of nitrogens with one attached hydrogen (secondary N) is 1. The number of rotatable bonds is 8. The molecule has 0 unspecified atom stereocenters. The molecular weight excluding hydrogens is 444 g/mol. The van der Waals surface area contributed by atoms with E-state index >= 15 is 0 Å². The van der Waals surface area contributed by atoms with Crippen LogP contribution in [0.15, 0.2) is 59.7 Å². The van der Waals surface area contributed by atoms with Crippen LogP contribution >= 0.6 is 0 Å². The molecular formula is C26H32N6O3. The van der Waals surface area contributed by atoms with E-state index in [-0.39, 0.29) is 24.6 Å². The van der Waals surface area contributed by atoms with E-state index in [0.717, 1.165) is 43.2 Å². The predicted octanol–water partition coefficient (Wildman–Crippen LogP) is 2.87. The zero-order chi connectivity index (χ0) is 24.8. The Labute approximate surface area is 205 Å². The summed E-state index contributed by atoms with van der Waals surface area (Å²) in [5.41, 5.74) is -0.0389. The number of piperidine rings is 1. The Hall–Kier alpha value is -3.75. The van der Waals surface area contributed by atoms with Gasteiger partial charge in [0.05, 0.1) is 12.2 Å². The number of aromatic nitrogens is 4. The molecule has 1 aliphatic rings. The van der Waals surface area contributed by atoms with Crippen LogP contribution in [0.4, 0.5) is 5.82 Å². The van der Waals surface area contributed by atoms with Crippen molar-refractivity contribution in [2.24, 2.45) is 5.92 Å². The first-order valence-electron chi connectivity index (χ1n) is 12.0. The van der Waals surface area contributed by atoms with Gasteiger partial charge in [0.15, 0.2) is 0 Å². The number of hydrogen-bond acceptors (Lipinski definition) is 7. The Morgan fingerprint density at radius 1 is 1.11 bits per heavy atom. The standard InChI is InChI=1S/C26H32N6O3/c1-19-11-14-31(15-12-19)22-17-23(29-18-28-22)35-16-13-27-25(34)26(2,3)32-24(33)10-9-21(30-32)20-7-5-4-6-8-20/h4-10,17-19H,11-16H2,1-3H3,(H,27,34). The smallest absolute Gasteiger partial charge is 0.267 e. The second-order valence-corrected chi connectivity index (χ2v) is 9.38. The molecule has 4 rings (SSSR count). The van der Waals surface area contributed by atoms with Crippen LogP contribution in [0.2, 0.25) is 0 Å². The molecule has 3 heterocycles. The minimum absolute atomic E-state index is 0.238. The number of benzene rings is 1. The van der Waals surface area contributed by atoms with Crippen molar-refractivity contribution in [1.29, 1.82) is 0 Å². The van der Waals surface area contributed by atoms with Gasteiger partial charge in [0.25, 0.3) is 5.56 Å². The summed E-state index contributed by atoms with van der Waals surface area (Å²) < 4.78 is 6.98. The van der Waals surface area contributed by atoms with Crippen molar-refractivity contribution in [3.05, 3.63) is 65.2 Å². The van der Waals surface area contributed by atoms with Gasteiger partial charge in [0.2, 0.25) is 11.8 Å². The maximum Gasteiger partial charge on any atom is 0.267 e. The van der Waals surface area contributed by atoms with Crippen LogP contribution in [0.25, 0.3) is 11.3 Å². The molecule has 0 aliphatic carbocycles. The highest BCUT2D eigenvalue weighted by molar-refractivity contribution is 5.83. The summed E-state index contributed by atoms with van der Waals surface area (Å²) >= 11 is 0. The van der Waals surface area contributed by atoms with Crippen molar-refractivity contribution < 1.29 is 9.53 Å². The molecule has 9 nitrogen and oxygen atoms in total. The molecule has 2 aromatic heterocycles. The van der Waals surface area contributed by atoms with Gasteiger partial charge in [-0.15, -0.1) is 0 Å². The van der Waals surface area contributed by atoms with Crippen molar-refractivity contribution in [2.45, 2.75) is 39.2 Å². The van der Waals surface area contributed by atoms with Gasteiger partial charge in [0, 0.05) is 30.8 Å². The fourth-order valence-electron chi connectivity index (χ4n) is 4.03. The van der Waals surface area contributed by atoms with Crippen LogP contribution in [-0.4, -0.2) is 51.9 Å². The summed E-state index contributed by atoms with van der Waals surface area (Å²) in [5.74, 6) is 1.74. The number of hydrogen-bond donors (Lipinski definition) is 1. The van der Waals surface area contributed by atoms with E-state index < -0.39 is 5.54 Å². The first-order valence-corrected chi connectivity index (χ1v) is 12.0. The summed E-state index contributed by atoms with van der Waals surface area (Å²) in [6.07, 6.45) is 3.80. The summed E-state index contributed by atoms with van der Waals surface area (Å²) in [7, 11) is 0. The average Bonchev–Trinajstić information content (AvgIpc) is 2.88. The predicted molar refractivity (Wildman–Crippen MR) is 134 cm³/mol. The minimum atomic E-state index is -1.19.